The maximum absolute atomic E-state index is 6.01. The van der Waals surface area contributed by atoms with E-state index >= 15 is 0 Å². The van der Waals surface area contributed by atoms with Gasteiger partial charge in [0.05, 0.1) is 0 Å². The fourth-order valence-corrected chi connectivity index (χ4v) is 1.77. The van der Waals surface area contributed by atoms with Crippen LogP contribution in [0.1, 0.15) is 30.9 Å². The summed E-state index contributed by atoms with van der Waals surface area (Å²) in [6.07, 6.45) is 5.39. The van der Waals surface area contributed by atoms with Crippen molar-refractivity contribution >= 4 is 11.6 Å². The number of hydrogen-bond donors (Lipinski definition) is 1. The molecule has 0 spiro atoms. The zero-order chi connectivity index (χ0) is 9.26. The highest BCUT2D eigenvalue weighted by Gasteiger charge is 2.25. The molecule has 0 aliphatic heterocycles. The zero-order valence-corrected chi connectivity index (χ0v) is 8.17. The van der Waals surface area contributed by atoms with Crippen molar-refractivity contribution in [2.45, 2.75) is 25.3 Å². The van der Waals surface area contributed by atoms with Gasteiger partial charge in [0, 0.05) is 17.8 Å². The molecular formula is C10H13ClN2. The molecule has 0 aromatic carbocycles. The van der Waals surface area contributed by atoms with Gasteiger partial charge < -0.3 is 5.73 Å². The predicted octanol–water partition coefficient (Wildman–Crippen LogP) is 2.53. The van der Waals surface area contributed by atoms with Crippen molar-refractivity contribution in [3.05, 3.63) is 29.0 Å². The Morgan fingerprint density at radius 1 is 1.62 bits per heavy atom. The van der Waals surface area contributed by atoms with Gasteiger partial charge in [0.1, 0.15) is 5.15 Å². The molecule has 0 unspecified atom stereocenters. The first-order valence-corrected chi connectivity index (χ1v) is 5.01. The van der Waals surface area contributed by atoms with E-state index in [4.69, 9.17) is 17.3 Å². The lowest BCUT2D eigenvalue weighted by Crippen LogP contribution is -2.11. The van der Waals surface area contributed by atoms with Gasteiger partial charge in [-0.1, -0.05) is 30.5 Å². The van der Waals surface area contributed by atoms with Gasteiger partial charge in [0.15, 0.2) is 0 Å². The first-order valence-electron chi connectivity index (χ1n) is 4.63. The van der Waals surface area contributed by atoms with Crippen molar-refractivity contribution in [1.82, 2.24) is 4.98 Å². The average molecular weight is 197 g/mol. The number of nitrogens with two attached hydrogens (primary N) is 1. The van der Waals surface area contributed by atoms with Crippen molar-refractivity contribution in [3.8, 4) is 0 Å². The van der Waals surface area contributed by atoms with E-state index in [1.807, 2.05) is 12.1 Å². The van der Waals surface area contributed by atoms with Gasteiger partial charge in [0.2, 0.25) is 0 Å². The summed E-state index contributed by atoms with van der Waals surface area (Å²) in [5.74, 6) is 0.825. The fourth-order valence-electron chi connectivity index (χ4n) is 1.51. The summed E-state index contributed by atoms with van der Waals surface area (Å²) in [6.45, 7) is 0. The molecule has 2 rings (SSSR count). The van der Waals surface area contributed by atoms with E-state index in [0.717, 1.165) is 17.9 Å². The standard InChI is InChI=1S/C10H13ClN2/c11-10-8(2-1-5-13-10)9(12)6-7-3-4-7/h1-2,5,7,9H,3-4,6,12H2/t9-/m0/s1. The van der Waals surface area contributed by atoms with E-state index in [2.05, 4.69) is 4.98 Å². The maximum Gasteiger partial charge on any atom is 0.133 e. The smallest absolute Gasteiger partial charge is 0.133 e. The van der Waals surface area contributed by atoms with E-state index in [-0.39, 0.29) is 6.04 Å². The monoisotopic (exact) mass is 196 g/mol. The summed E-state index contributed by atoms with van der Waals surface area (Å²) >= 11 is 5.93. The lowest BCUT2D eigenvalue weighted by Gasteiger charge is -2.11. The SMILES string of the molecule is N[C@@H](CC1CC1)c1cccnc1Cl. The van der Waals surface area contributed by atoms with E-state index < -0.39 is 0 Å². The van der Waals surface area contributed by atoms with Crippen LogP contribution in [0.25, 0.3) is 0 Å². The Balaban J connectivity index is 2.09. The second kappa shape index (κ2) is 3.64. The summed E-state index contributed by atoms with van der Waals surface area (Å²) in [7, 11) is 0. The average Bonchev–Trinajstić information content (AvgIpc) is 2.89. The van der Waals surface area contributed by atoms with Crippen LogP contribution in [0, 0.1) is 5.92 Å². The van der Waals surface area contributed by atoms with E-state index in [0.29, 0.717) is 5.15 Å². The molecule has 0 radical (unpaired) electrons. The van der Waals surface area contributed by atoms with Gasteiger partial charge in [-0.25, -0.2) is 4.98 Å². The van der Waals surface area contributed by atoms with Crippen LogP contribution in [0.2, 0.25) is 5.15 Å². The lowest BCUT2D eigenvalue weighted by atomic mass is 10.0. The van der Waals surface area contributed by atoms with Crippen LogP contribution in [-0.2, 0) is 0 Å². The Bertz CT molecular complexity index is 297. The van der Waals surface area contributed by atoms with Crippen molar-refractivity contribution in [1.29, 1.82) is 0 Å². The third-order valence-corrected chi connectivity index (χ3v) is 2.79. The fraction of sp³-hybridized carbons (Fsp3) is 0.500. The molecule has 3 heteroatoms. The molecular weight excluding hydrogens is 184 g/mol. The van der Waals surface area contributed by atoms with Crippen molar-refractivity contribution < 1.29 is 0 Å². The quantitative estimate of drug-likeness (QED) is 0.755. The van der Waals surface area contributed by atoms with Gasteiger partial charge in [0.25, 0.3) is 0 Å². The van der Waals surface area contributed by atoms with Crippen molar-refractivity contribution in [3.63, 3.8) is 0 Å². The molecule has 2 N–H and O–H groups in total. The molecule has 0 saturated heterocycles. The number of halogens is 1. The Morgan fingerprint density at radius 3 is 3.00 bits per heavy atom. The first kappa shape index (κ1) is 8.97. The molecule has 1 heterocycles. The number of nitrogens with zero attached hydrogens (tertiary/aromatic N) is 1. The van der Waals surface area contributed by atoms with E-state index in [1.165, 1.54) is 12.8 Å². The summed E-state index contributed by atoms with van der Waals surface area (Å²) < 4.78 is 0. The van der Waals surface area contributed by atoms with Gasteiger partial charge in [-0.15, -0.1) is 0 Å². The summed E-state index contributed by atoms with van der Waals surface area (Å²) in [6, 6.07) is 3.91. The Morgan fingerprint density at radius 2 is 2.38 bits per heavy atom. The molecule has 1 aromatic heterocycles. The molecule has 1 fully saturated rings. The molecule has 0 bridgehead atoms. The Hall–Kier alpha value is -0.600. The second-order valence-electron chi connectivity index (χ2n) is 3.67. The van der Waals surface area contributed by atoms with Gasteiger partial charge in [-0.05, 0) is 18.4 Å². The highest BCUT2D eigenvalue weighted by Crippen LogP contribution is 2.37. The maximum atomic E-state index is 6.01. The van der Waals surface area contributed by atoms with Crippen LogP contribution < -0.4 is 5.73 Å². The minimum Gasteiger partial charge on any atom is -0.324 e. The Kier molecular flexibility index (Phi) is 2.51. The van der Waals surface area contributed by atoms with Crippen molar-refractivity contribution in [2.24, 2.45) is 11.7 Å². The largest absolute Gasteiger partial charge is 0.324 e. The zero-order valence-electron chi connectivity index (χ0n) is 7.41. The van der Waals surface area contributed by atoms with E-state index in [1.54, 1.807) is 6.20 Å². The minimum atomic E-state index is 0.0636. The molecule has 1 aromatic rings. The molecule has 1 atom stereocenters. The van der Waals surface area contributed by atoms with Crippen LogP contribution in [0.4, 0.5) is 0 Å². The Labute approximate surface area is 83.1 Å². The molecule has 1 aliphatic rings. The topological polar surface area (TPSA) is 38.9 Å². The van der Waals surface area contributed by atoms with Crippen LogP contribution in [0.15, 0.2) is 18.3 Å². The summed E-state index contributed by atoms with van der Waals surface area (Å²) in [5.41, 5.74) is 6.99. The minimum absolute atomic E-state index is 0.0636. The van der Waals surface area contributed by atoms with Crippen LogP contribution in [0.3, 0.4) is 0 Å². The number of rotatable bonds is 3. The summed E-state index contributed by atoms with van der Waals surface area (Å²) in [4.78, 5) is 4.01. The highest BCUT2D eigenvalue weighted by molar-refractivity contribution is 6.30. The van der Waals surface area contributed by atoms with Gasteiger partial charge in [-0.3, -0.25) is 0 Å². The third kappa shape index (κ3) is 2.20. The molecule has 0 amide bonds. The van der Waals surface area contributed by atoms with Crippen LogP contribution in [0.5, 0.6) is 0 Å². The summed E-state index contributed by atoms with van der Waals surface area (Å²) in [5, 5.41) is 0.552. The molecule has 70 valence electrons. The van der Waals surface area contributed by atoms with Crippen LogP contribution in [-0.4, -0.2) is 4.98 Å². The molecule has 2 nitrogen and oxygen atoms in total. The molecule has 13 heavy (non-hydrogen) atoms. The normalized spacial score (nSPS) is 18.6. The molecule has 1 aliphatic carbocycles. The third-order valence-electron chi connectivity index (χ3n) is 2.47. The van der Waals surface area contributed by atoms with Gasteiger partial charge >= 0.3 is 0 Å². The van der Waals surface area contributed by atoms with Crippen LogP contribution >= 0.6 is 11.6 Å². The number of aromatic nitrogens is 1. The molecule has 1 saturated carbocycles. The first-order chi connectivity index (χ1) is 6.27. The lowest BCUT2D eigenvalue weighted by molar-refractivity contribution is 0.595. The van der Waals surface area contributed by atoms with Gasteiger partial charge in [-0.2, -0.15) is 0 Å². The number of pyridine rings is 1. The predicted molar refractivity (Wildman–Crippen MR) is 53.5 cm³/mol. The van der Waals surface area contributed by atoms with Crippen molar-refractivity contribution in [2.75, 3.05) is 0 Å². The number of hydrogen-bond acceptors (Lipinski definition) is 2. The van der Waals surface area contributed by atoms with E-state index in [9.17, 15) is 0 Å². The second-order valence-corrected chi connectivity index (χ2v) is 4.03. The highest BCUT2D eigenvalue weighted by atomic mass is 35.5.